The number of hydrogen-bond donors (Lipinski definition) is 2. The SMILES string of the molecule is c1cncc(CNc2nc(NCc3cccs3)c3ccccc3n2)c1. The second kappa shape index (κ2) is 7.27. The average Bonchev–Trinajstić information content (AvgIpc) is 3.19. The van der Waals surface area contributed by atoms with E-state index >= 15 is 0 Å². The molecule has 6 heteroatoms. The Labute approximate surface area is 149 Å². The molecule has 0 aliphatic carbocycles. The molecule has 0 saturated heterocycles. The molecular weight excluding hydrogens is 330 g/mol. The van der Waals surface area contributed by atoms with Gasteiger partial charge in [-0.05, 0) is 35.2 Å². The minimum absolute atomic E-state index is 0.608. The highest BCUT2D eigenvalue weighted by Crippen LogP contribution is 2.23. The maximum absolute atomic E-state index is 4.67. The standard InChI is InChI=1S/C19H17N5S/c1-2-8-17-16(7-1)18(21-13-15-6-4-10-25-15)24-19(23-17)22-12-14-5-3-9-20-11-14/h1-11H,12-13H2,(H2,21,22,23,24). The molecule has 4 rings (SSSR count). The van der Waals surface area contributed by atoms with Crippen LogP contribution in [-0.2, 0) is 13.1 Å². The Balaban J connectivity index is 1.59. The monoisotopic (exact) mass is 347 g/mol. The van der Waals surface area contributed by atoms with Gasteiger partial charge in [-0.25, -0.2) is 4.98 Å². The molecular formula is C19H17N5S. The predicted octanol–water partition coefficient (Wildman–Crippen LogP) is 4.31. The van der Waals surface area contributed by atoms with Crippen molar-refractivity contribution in [2.75, 3.05) is 10.6 Å². The zero-order chi connectivity index (χ0) is 16.9. The lowest BCUT2D eigenvalue weighted by molar-refractivity contribution is 1.05. The molecule has 2 N–H and O–H groups in total. The van der Waals surface area contributed by atoms with Crippen LogP contribution in [0.25, 0.3) is 10.9 Å². The highest BCUT2D eigenvalue weighted by Gasteiger charge is 2.07. The van der Waals surface area contributed by atoms with Crippen molar-refractivity contribution in [1.29, 1.82) is 0 Å². The van der Waals surface area contributed by atoms with Crippen molar-refractivity contribution >= 4 is 34.0 Å². The maximum Gasteiger partial charge on any atom is 0.225 e. The van der Waals surface area contributed by atoms with Gasteiger partial charge in [-0.15, -0.1) is 11.3 Å². The molecule has 0 amide bonds. The van der Waals surface area contributed by atoms with E-state index in [0.717, 1.165) is 28.8 Å². The third-order valence-electron chi connectivity index (χ3n) is 3.79. The first-order valence-electron chi connectivity index (χ1n) is 8.04. The van der Waals surface area contributed by atoms with Gasteiger partial charge < -0.3 is 10.6 Å². The maximum atomic E-state index is 4.67. The summed E-state index contributed by atoms with van der Waals surface area (Å²) in [6.45, 7) is 1.39. The highest BCUT2D eigenvalue weighted by atomic mass is 32.1. The first-order chi connectivity index (χ1) is 12.4. The lowest BCUT2D eigenvalue weighted by Gasteiger charge is -2.11. The second-order valence-corrected chi connectivity index (χ2v) is 6.59. The van der Waals surface area contributed by atoms with Crippen LogP contribution in [0.15, 0.2) is 66.3 Å². The lowest BCUT2D eigenvalue weighted by Crippen LogP contribution is -2.07. The molecule has 0 aliphatic rings. The number of pyridine rings is 1. The van der Waals surface area contributed by atoms with Crippen LogP contribution in [0.1, 0.15) is 10.4 Å². The predicted molar refractivity (Wildman–Crippen MR) is 103 cm³/mol. The number of hydrogen-bond acceptors (Lipinski definition) is 6. The second-order valence-electron chi connectivity index (χ2n) is 5.56. The fourth-order valence-corrected chi connectivity index (χ4v) is 3.20. The molecule has 0 aliphatic heterocycles. The average molecular weight is 347 g/mol. The summed E-state index contributed by atoms with van der Waals surface area (Å²) in [5.74, 6) is 1.45. The molecule has 0 unspecified atom stereocenters. The van der Waals surface area contributed by atoms with E-state index < -0.39 is 0 Å². The van der Waals surface area contributed by atoms with Crippen LogP contribution in [0, 0.1) is 0 Å². The van der Waals surface area contributed by atoms with E-state index in [1.165, 1.54) is 4.88 Å². The van der Waals surface area contributed by atoms with E-state index in [0.29, 0.717) is 12.5 Å². The van der Waals surface area contributed by atoms with Crippen molar-refractivity contribution in [1.82, 2.24) is 15.0 Å². The number of para-hydroxylation sites is 1. The number of benzene rings is 1. The van der Waals surface area contributed by atoms with Gasteiger partial charge in [0.05, 0.1) is 12.1 Å². The van der Waals surface area contributed by atoms with Crippen molar-refractivity contribution < 1.29 is 0 Å². The first-order valence-corrected chi connectivity index (χ1v) is 8.92. The molecule has 3 heterocycles. The summed E-state index contributed by atoms with van der Waals surface area (Å²) in [5, 5.41) is 9.82. The van der Waals surface area contributed by atoms with Crippen molar-refractivity contribution in [2.24, 2.45) is 0 Å². The van der Waals surface area contributed by atoms with Gasteiger partial charge in [0.15, 0.2) is 0 Å². The number of nitrogens with zero attached hydrogens (tertiary/aromatic N) is 3. The zero-order valence-corrected chi connectivity index (χ0v) is 14.3. The third kappa shape index (κ3) is 3.75. The van der Waals surface area contributed by atoms with E-state index in [9.17, 15) is 0 Å². The topological polar surface area (TPSA) is 62.7 Å². The first kappa shape index (κ1) is 15.5. The fourth-order valence-electron chi connectivity index (χ4n) is 2.56. The molecule has 0 radical (unpaired) electrons. The zero-order valence-electron chi connectivity index (χ0n) is 13.5. The lowest BCUT2D eigenvalue weighted by atomic mass is 10.2. The quantitative estimate of drug-likeness (QED) is 0.544. The van der Waals surface area contributed by atoms with E-state index in [-0.39, 0.29) is 0 Å². The van der Waals surface area contributed by atoms with Gasteiger partial charge in [-0.2, -0.15) is 4.98 Å². The minimum Gasteiger partial charge on any atom is -0.364 e. The van der Waals surface area contributed by atoms with Crippen molar-refractivity contribution in [3.05, 3.63) is 76.7 Å². The number of rotatable bonds is 6. The summed E-state index contributed by atoms with van der Waals surface area (Å²) < 4.78 is 0. The molecule has 0 spiro atoms. The number of anilines is 2. The summed E-state index contributed by atoms with van der Waals surface area (Å²) in [4.78, 5) is 14.7. The fraction of sp³-hybridized carbons (Fsp3) is 0.105. The Morgan fingerprint density at radius 2 is 1.84 bits per heavy atom. The molecule has 0 bridgehead atoms. The molecule has 1 aromatic carbocycles. The van der Waals surface area contributed by atoms with Gasteiger partial charge in [0.25, 0.3) is 0 Å². The molecule has 0 fully saturated rings. The molecule has 25 heavy (non-hydrogen) atoms. The van der Waals surface area contributed by atoms with Gasteiger partial charge in [0, 0.05) is 29.2 Å². The molecule has 124 valence electrons. The summed E-state index contributed by atoms with van der Waals surface area (Å²) in [6, 6.07) is 16.2. The molecule has 5 nitrogen and oxygen atoms in total. The van der Waals surface area contributed by atoms with Gasteiger partial charge in [0.1, 0.15) is 5.82 Å². The Bertz CT molecular complexity index is 954. The number of aromatic nitrogens is 3. The normalized spacial score (nSPS) is 10.7. The Morgan fingerprint density at radius 3 is 2.68 bits per heavy atom. The Morgan fingerprint density at radius 1 is 0.880 bits per heavy atom. The number of fused-ring (bicyclic) bond motifs is 1. The van der Waals surface area contributed by atoms with Crippen LogP contribution in [0.5, 0.6) is 0 Å². The van der Waals surface area contributed by atoms with Crippen LogP contribution in [0.3, 0.4) is 0 Å². The molecule has 0 atom stereocenters. The molecule has 4 aromatic rings. The van der Waals surface area contributed by atoms with Gasteiger partial charge in [-0.1, -0.05) is 24.3 Å². The minimum atomic E-state index is 0.608. The highest BCUT2D eigenvalue weighted by molar-refractivity contribution is 7.09. The summed E-state index contributed by atoms with van der Waals surface area (Å²) in [5.41, 5.74) is 2.01. The third-order valence-corrected chi connectivity index (χ3v) is 4.66. The number of nitrogens with one attached hydrogen (secondary N) is 2. The van der Waals surface area contributed by atoms with Crippen molar-refractivity contribution in [2.45, 2.75) is 13.1 Å². The van der Waals surface area contributed by atoms with Crippen molar-refractivity contribution in [3.8, 4) is 0 Å². The van der Waals surface area contributed by atoms with Crippen LogP contribution < -0.4 is 10.6 Å². The largest absolute Gasteiger partial charge is 0.364 e. The van der Waals surface area contributed by atoms with Crippen LogP contribution in [0.2, 0.25) is 0 Å². The van der Waals surface area contributed by atoms with Crippen LogP contribution >= 0.6 is 11.3 Å². The molecule has 3 aromatic heterocycles. The molecule has 0 saturated carbocycles. The smallest absolute Gasteiger partial charge is 0.225 e. The van der Waals surface area contributed by atoms with Crippen molar-refractivity contribution in [3.63, 3.8) is 0 Å². The number of thiophene rings is 1. The van der Waals surface area contributed by atoms with Gasteiger partial charge >= 0.3 is 0 Å². The van der Waals surface area contributed by atoms with Crippen LogP contribution in [0.4, 0.5) is 11.8 Å². The van der Waals surface area contributed by atoms with E-state index in [1.807, 2.05) is 42.6 Å². The Hall–Kier alpha value is -2.99. The summed E-state index contributed by atoms with van der Waals surface area (Å²) in [7, 11) is 0. The van der Waals surface area contributed by atoms with Gasteiger partial charge in [-0.3, -0.25) is 4.98 Å². The van der Waals surface area contributed by atoms with E-state index in [1.54, 1.807) is 17.5 Å². The van der Waals surface area contributed by atoms with Gasteiger partial charge in [0.2, 0.25) is 5.95 Å². The van der Waals surface area contributed by atoms with E-state index in [2.05, 4.69) is 43.1 Å². The summed E-state index contributed by atoms with van der Waals surface area (Å²) in [6.07, 6.45) is 3.60. The Kier molecular flexibility index (Phi) is 4.52. The van der Waals surface area contributed by atoms with Crippen LogP contribution in [-0.4, -0.2) is 15.0 Å². The van der Waals surface area contributed by atoms with E-state index in [4.69, 9.17) is 0 Å². The summed E-state index contributed by atoms with van der Waals surface area (Å²) >= 11 is 1.73.